The van der Waals surface area contributed by atoms with E-state index in [4.69, 9.17) is 14.0 Å². The fourth-order valence-corrected chi connectivity index (χ4v) is 3.08. The van der Waals surface area contributed by atoms with Crippen molar-refractivity contribution in [3.05, 3.63) is 59.5 Å². The van der Waals surface area contributed by atoms with Crippen molar-refractivity contribution in [2.75, 3.05) is 19.8 Å². The third-order valence-electron chi connectivity index (χ3n) is 4.69. The van der Waals surface area contributed by atoms with Crippen LogP contribution in [0.5, 0.6) is 11.5 Å². The van der Waals surface area contributed by atoms with Crippen LogP contribution in [0.4, 0.5) is 0 Å². The van der Waals surface area contributed by atoms with Crippen LogP contribution in [0.15, 0.2) is 47.0 Å². The molecule has 3 aromatic rings. The predicted molar refractivity (Wildman–Crippen MR) is 118 cm³/mol. The Morgan fingerprint density at radius 1 is 1.00 bits per heavy atom. The third kappa shape index (κ3) is 6.57. The first-order valence-electron chi connectivity index (χ1n) is 10.6. The summed E-state index contributed by atoms with van der Waals surface area (Å²) in [7, 11) is 0. The lowest BCUT2D eigenvalue weighted by Crippen LogP contribution is -2.25. The SMILES string of the molecule is CCOc1ccc(CCNC(=O)CCc2nc(-c3ccc(C)cc3)no2)cc1OCC. The van der Waals surface area contributed by atoms with E-state index in [1.165, 1.54) is 5.56 Å². The van der Waals surface area contributed by atoms with Gasteiger partial charge in [0.15, 0.2) is 11.5 Å². The molecule has 0 aliphatic carbocycles. The molecule has 1 amide bonds. The summed E-state index contributed by atoms with van der Waals surface area (Å²) in [6.07, 6.45) is 1.40. The zero-order valence-electron chi connectivity index (χ0n) is 18.3. The summed E-state index contributed by atoms with van der Waals surface area (Å²) in [5, 5.41) is 6.94. The molecule has 0 atom stereocenters. The number of aryl methyl sites for hydroxylation is 2. The molecule has 0 spiro atoms. The highest BCUT2D eigenvalue weighted by Gasteiger charge is 2.11. The standard InChI is InChI=1S/C24H29N3O4/c1-4-29-20-11-8-18(16-21(20)30-5-2)14-15-25-22(28)12-13-23-26-24(27-31-23)19-9-6-17(3)7-10-19/h6-11,16H,4-5,12-15H2,1-3H3,(H,25,28). The minimum Gasteiger partial charge on any atom is -0.490 e. The van der Waals surface area contributed by atoms with Crippen molar-refractivity contribution in [2.24, 2.45) is 0 Å². The van der Waals surface area contributed by atoms with E-state index in [9.17, 15) is 4.79 Å². The van der Waals surface area contributed by atoms with Crippen LogP contribution in [0.3, 0.4) is 0 Å². The fraction of sp³-hybridized carbons (Fsp3) is 0.375. The van der Waals surface area contributed by atoms with E-state index in [1.807, 2.05) is 63.2 Å². The van der Waals surface area contributed by atoms with Gasteiger partial charge in [-0.05, 0) is 44.9 Å². The Hall–Kier alpha value is -3.35. The van der Waals surface area contributed by atoms with Crippen molar-refractivity contribution >= 4 is 5.91 Å². The number of nitrogens with zero attached hydrogens (tertiary/aromatic N) is 2. The highest BCUT2D eigenvalue weighted by molar-refractivity contribution is 5.76. The molecule has 0 unspecified atom stereocenters. The first-order valence-corrected chi connectivity index (χ1v) is 10.6. The van der Waals surface area contributed by atoms with Crippen LogP contribution in [0.1, 0.15) is 37.3 Å². The number of nitrogens with one attached hydrogen (secondary N) is 1. The minimum absolute atomic E-state index is 0.0499. The highest BCUT2D eigenvalue weighted by Crippen LogP contribution is 2.28. The molecule has 7 heteroatoms. The van der Waals surface area contributed by atoms with Gasteiger partial charge in [-0.2, -0.15) is 4.98 Å². The average Bonchev–Trinajstić information content (AvgIpc) is 3.24. The quantitative estimate of drug-likeness (QED) is 0.499. The van der Waals surface area contributed by atoms with Crippen LogP contribution in [0, 0.1) is 6.92 Å². The summed E-state index contributed by atoms with van der Waals surface area (Å²) < 4.78 is 16.5. The molecule has 0 radical (unpaired) electrons. The summed E-state index contributed by atoms with van der Waals surface area (Å²) in [5.74, 6) is 2.41. The predicted octanol–water partition coefficient (Wildman–Crippen LogP) is 4.13. The summed E-state index contributed by atoms with van der Waals surface area (Å²) in [6, 6.07) is 13.8. The van der Waals surface area contributed by atoms with Gasteiger partial charge in [0.1, 0.15) is 0 Å². The molecular formula is C24H29N3O4. The zero-order chi connectivity index (χ0) is 22.1. The Morgan fingerprint density at radius 2 is 1.74 bits per heavy atom. The zero-order valence-corrected chi connectivity index (χ0v) is 18.3. The lowest BCUT2D eigenvalue weighted by Gasteiger charge is -2.12. The van der Waals surface area contributed by atoms with Crippen LogP contribution in [-0.4, -0.2) is 35.8 Å². The van der Waals surface area contributed by atoms with Gasteiger partial charge in [-0.15, -0.1) is 0 Å². The van der Waals surface area contributed by atoms with Crippen LogP contribution >= 0.6 is 0 Å². The van der Waals surface area contributed by atoms with Crippen molar-refractivity contribution in [3.63, 3.8) is 0 Å². The Kier molecular flexibility index (Phi) is 8.04. The molecular weight excluding hydrogens is 394 g/mol. The molecule has 0 saturated heterocycles. The van der Waals surface area contributed by atoms with Crippen LogP contribution in [0.2, 0.25) is 0 Å². The first kappa shape index (κ1) is 22.3. The summed E-state index contributed by atoms with van der Waals surface area (Å²) >= 11 is 0. The van der Waals surface area contributed by atoms with Gasteiger partial charge in [0.25, 0.3) is 0 Å². The lowest BCUT2D eigenvalue weighted by molar-refractivity contribution is -0.121. The first-order chi connectivity index (χ1) is 15.1. The number of benzene rings is 2. The molecule has 31 heavy (non-hydrogen) atoms. The van der Waals surface area contributed by atoms with E-state index in [2.05, 4.69) is 15.5 Å². The number of carbonyl (C=O) groups is 1. The van der Waals surface area contributed by atoms with Crippen LogP contribution < -0.4 is 14.8 Å². The van der Waals surface area contributed by atoms with Crippen molar-refractivity contribution < 1.29 is 18.8 Å². The molecule has 0 bridgehead atoms. The van der Waals surface area contributed by atoms with Crippen LogP contribution in [-0.2, 0) is 17.6 Å². The number of hydrogen-bond acceptors (Lipinski definition) is 6. The number of aromatic nitrogens is 2. The van der Waals surface area contributed by atoms with E-state index >= 15 is 0 Å². The van der Waals surface area contributed by atoms with Gasteiger partial charge in [-0.1, -0.05) is 41.1 Å². The second-order valence-electron chi connectivity index (χ2n) is 7.12. The number of amides is 1. The molecule has 1 heterocycles. The highest BCUT2D eigenvalue weighted by atomic mass is 16.5. The smallest absolute Gasteiger partial charge is 0.227 e. The van der Waals surface area contributed by atoms with Gasteiger partial charge in [-0.3, -0.25) is 4.79 Å². The molecule has 3 rings (SSSR count). The van der Waals surface area contributed by atoms with E-state index in [1.54, 1.807) is 0 Å². The monoisotopic (exact) mass is 423 g/mol. The number of ether oxygens (including phenoxy) is 2. The summed E-state index contributed by atoms with van der Waals surface area (Å²) in [4.78, 5) is 16.6. The van der Waals surface area contributed by atoms with Gasteiger partial charge in [0.05, 0.1) is 13.2 Å². The molecule has 164 valence electrons. The van der Waals surface area contributed by atoms with E-state index < -0.39 is 0 Å². The second kappa shape index (κ2) is 11.2. The van der Waals surface area contributed by atoms with Gasteiger partial charge in [0, 0.05) is 24.9 Å². The number of carbonyl (C=O) groups excluding carboxylic acids is 1. The van der Waals surface area contributed by atoms with E-state index in [0.29, 0.717) is 50.7 Å². The second-order valence-corrected chi connectivity index (χ2v) is 7.12. The maximum atomic E-state index is 12.2. The molecule has 2 aromatic carbocycles. The maximum absolute atomic E-state index is 12.2. The Balaban J connectivity index is 1.44. The lowest BCUT2D eigenvalue weighted by atomic mass is 10.1. The number of hydrogen-bond donors (Lipinski definition) is 1. The topological polar surface area (TPSA) is 86.5 Å². The van der Waals surface area contributed by atoms with Crippen LogP contribution in [0.25, 0.3) is 11.4 Å². The summed E-state index contributed by atoms with van der Waals surface area (Å²) in [6.45, 7) is 7.60. The normalized spacial score (nSPS) is 10.7. The molecule has 0 aliphatic heterocycles. The Bertz CT molecular complexity index is 983. The molecule has 7 nitrogen and oxygen atoms in total. The van der Waals surface area contributed by atoms with Gasteiger partial charge in [-0.25, -0.2) is 0 Å². The molecule has 0 fully saturated rings. The van der Waals surface area contributed by atoms with Crippen molar-refractivity contribution in [2.45, 2.75) is 40.0 Å². The van der Waals surface area contributed by atoms with Gasteiger partial charge < -0.3 is 19.3 Å². The summed E-state index contributed by atoms with van der Waals surface area (Å²) in [5.41, 5.74) is 3.14. The average molecular weight is 424 g/mol. The van der Waals surface area contributed by atoms with Gasteiger partial charge >= 0.3 is 0 Å². The van der Waals surface area contributed by atoms with Crippen molar-refractivity contribution in [3.8, 4) is 22.9 Å². The van der Waals surface area contributed by atoms with E-state index in [0.717, 1.165) is 22.6 Å². The molecule has 1 N–H and O–H groups in total. The fourth-order valence-electron chi connectivity index (χ4n) is 3.08. The Labute approximate surface area is 182 Å². The number of rotatable bonds is 11. The van der Waals surface area contributed by atoms with Gasteiger partial charge in [0.2, 0.25) is 17.6 Å². The Morgan fingerprint density at radius 3 is 2.48 bits per heavy atom. The molecule has 1 aromatic heterocycles. The van der Waals surface area contributed by atoms with Crippen molar-refractivity contribution in [1.82, 2.24) is 15.5 Å². The minimum atomic E-state index is -0.0499. The largest absolute Gasteiger partial charge is 0.490 e. The molecule has 0 saturated carbocycles. The van der Waals surface area contributed by atoms with E-state index in [-0.39, 0.29) is 5.91 Å². The third-order valence-corrected chi connectivity index (χ3v) is 4.69. The van der Waals surface area contributed by atoms with Crippen molar-refractivity contribution in [1.29, 1.82) is 0 Å². The molecule has 0 aliphatic rings. The maximum Gasteiger partial charge on any atom is 0.227 e.